The lowest BCUT2D eigenvalue weighted by molar-refractivity contribution is 0.182. The van der Waals surface area contributed by atoms with Gasteiger partial charge in [-0.15, -0.1) is 0 Å². The Hall–Kier alpha value is -1.41. The fourth-order valence-corrected chi connectivity index (χ4v) is 4.88. The molecule has 0 saturated heterocycles. The normalized spacial score (nSPS) is 15.4. The minimum Gasteiger partial charge on any atom is -0.387 e. The SMILES string of the molecule is CN1CCc2cc(C(O)CNS(=O)(=O)c3ccccc3Br)ccc21. The quantitative estimate of drug-likeness (QED) is 0.793. The zero-order valence-corrected chi connectivity index (χ0v) is 15.6. The fraction of sp³-hybridized carbons (Fsp3) is 0.294. The Bertz CT molecular complexity index is 855. The van der Waals surface area contributed by atoms with E-state index in [2.05, 4.69) is 25.6 Å². The highest BCUT2D eigenvalue weighted by Gasteiger charge is 2.21. The summed E-state index contributed by atoms with van der Waals surface area (Å²) >= 11 is 3.24. The van der Waals surface area contributed by atoms with Gasteiger partial charge in [0.15, 0.2) is 0 Å². The molecule has 24 heavy (non-hydrogen) atoms. The number of aliphatic hydroxyl groups is 1. The van der Waals surface area contributed by atoms with Gasteiger partial charge in [-0.2, -0.15) is 0 Å². The molecule has 1 aliphatic heterocycles. The number of hydrogen-bond acceptors (Lipinski definition) is 4. The Morgan fingerprint density at radius 1 is 1.29 bits per heavy atom. The average molecular weight is 411 g/mol. The van der Waals surface area contributed by atoms with E-state index >= 15 is 0 Å². The molecule has 3 rings (SSSR count). The van der Waals surface area contributed by atoms with Crippen LogP contribution in [0.4, 0.5) is 5.69 Å². The first-order valence-corrected chi connectivity index (χ1v) is 9.92. The standard InChI is InChI=1S/C17H19BrN2O3S/c1-20-9-8-12-10-13(6-7-15(12)20)16(21)11-19-24(22,23)17-5-3-2-4-14(17)18/h2-7,10,16,19,21H,8-9,11H2,1H3. The van der Waals surface area contributed by atoms with Gasteiger partial charge < -0.3 is 10.0 Å². The van der Waals surface area contributed by atoms with Gasteiger partial charge in [-0.3, -0.25) is 0 Å². The predicted octanol–water partition coefficient (Wildman–Crippen LogP) is 2.45. The molecule has 0 aliphatic carbocycles. The number of nitrogens with one attached hydrogen (secondary N) is 1. The van der Waals surface area contributed by atoms with Crippen molar-refractivity contribution in [2.24, 2.45) is 0 Å². The first-order chi connectivity index (χ1) is 11.4. The number of likely N-dealkylation sites (N-methyl/N-ethyl adjacent to an activating group) is 1. The molecule has 2 N–H and O–H groups in total. The van der Waals surface area contributed by atoms with Crippen LogP contribution in [0.1, 0.15) is 17.2 Å². The van der Waals surface area contributed by atoms with Crippen LogP contribution in [0, 0.1) is 0 Å². The average Bonchev–Trinajstić information content (AvgIpc) is 2.93. The summed E-state index contributed by atoms with van der Waals surface area (Å²) in [5, 5.41) is 10.3. The third-order valence-electron chi connectivity index (χ3n) is 4.21. The second-order valence-corrected chi connectivity index (χ2v) is 8.45. The lowest BCUT2D eigenvalue weighted by Crippen LogP contribution is -2.28. The molecule has 1 heterocycles. The maximum atomic E-state index is 12.4. The second kappa shape index (κ2) is 6.84. The van der Waals surface area contributed by atoms with E-state index < -0.39 is 16.1 Å². The second-order valence-electron chi connectivity index (χ2n) is 5.86. The van der Waals surface area contributed by atoms with Crippen molar-refractivity contribution in [2.75, 3.05) is 25.0 Å². The van der Waals surface area contributed by atoms with E-state index in [-0.39, 0.29) is 11.4 Å². The number of benzene rings is 2. The van der Waals surface area contributed by atoms with Gasteiger partial charge >= 0.3 is 0 Å². The Morgan fingerprint density at radius 2 is 2.04 bits per heavy atom. The molecule has 0 radical (unpaired) electrons. The van der Waals surface area contributed by atoms with Crippen LogP contribution >= 0.6 is 15.9 Å². The molecule has 1 aliphatic rings. The summed E-state index contributed by atoms with van der Waals surface area (Å²) in [5.41, 5.74) is 3.07. The van der Waals surface area contributed by atoms with Gasteiger partial charge in [0.05, 0.1) is 11.0 Å². The van der Waals surface area contributed by atoms with Crippen LogP contribution in [0.5, 0.6) is 0 Å². The van der Waals surface area contributed by atoms with Crippen LogP contribution < -0.4 is 9.62 Å². The molecule has 1 atom stereocenters. The molecule has 0 fully saturated rings. The molecule has 0 aromatic heterocycles. The number of aliphatic hydroxyl groups excluding tert-OH is 1. The number of sulfonamides is 1. The van der Waals surface area contributed by atoms with E-state index in [0.717, 1.165) is 18.5 Å². The summed E-state index contributed by atoms with van der Waals surface area (Å²) in [6.45, 7) is 0.891. The molecular weight excluding hydrogens is 392 g/mol. The van der Waals surface area contributed by atoms with E-state index in [1.807, 2.05) is 25.2 Å². The van der Waals surface area contributed by atoms with Crippen molar-refractivity contribution in [1.29, 1.82) is 0 Å². The molecule has 7 heteroatoms. The molecule has 0 spiro atoms. The molecule has 0 bridgehead atoms. The Labute approximate surface area is 150 Å². The van der Waals surface area contributed by atoms with Crippen LogP contribution in [0.2, 0.25) is 0 Å². The van der Waals surface area contributed by atoms with E-state index in [9.17, 15) is 13.5 Å². The molecule has 5 nitrogen and oxygen atoms in total. The van der Waals surface area contributed by atoms with E-state index in [1.165, 1.54) is 17.3 Å². The van der Waals surface area contributed by atoms with Crippen LogP contribution in [-0.4, -0.2) is 33.7 Å². The van der Waals surface area contributed by atoms with Gasteiger partial charge in [-0.25, -0.2) is 13.1 Å². The van der Waals surface area contributed by atoms with Crippen LogP contribution in [0.15, 0.2) is 51.8 Å². The first kappa shape index (κ1) is 17.4. The third kappa shape index (κ3) is 3.49. The number of rotatable bonds is 5. The molecule has 2 aromatic rings. The summed E-state index contributed by atoms with van der Waals surface area (Å²) in [6, 6.07) is 12.4. The van der Waals surface area contributed by atoms with Gasteiger partial charge in [0, 0.05) is 30.3 Å². The largest absolute Gasteiger partial charge is 0.387 e. The van der Waals surface area contributed by atoms with E-state index in [0.29, 0.717) is 4.47 Å². The van der Waals surface area contributed by atoms with E-state index in [1.54, 1.807) is 18.2 Å². The Balaban J connectivity index is 1.72. The molecular formula is C17H19BrN2O3S. The molecule has 128 valence electrons. The summed E-state index contributed by atoms with van der Waals surface area (Å²) in [7, 11) is -1.64. The zero-order chi connectivity index (χ0) is 17.3. The van der Waals surface area contributed by atoms with Crippen LogP contribution in [0.3, 0.4) is 0 Å². The Kier molecular flexibility index (Phi) is 4.96. The summed E-state index contributed by atoms with van der Waals surface area (Å²) < 4.78 is 27.7. The number of halogens is 1. The number of nitrogens with zero attached hydrogens (tertiary/aromatic N) is 1. The van der Waals surface area contributed by atoms with Crippen molar-refractivity contribution in [3.05, 3.63) is 58.1 Å². The summed E-state index contributed by atoms with van der Waals surface area (Å²) in [5.74, 6) is 0. The van der Waals surface area contributed by atoms with Gasteiger partial charge in [0.25, 0.3) is 0 Å². The third-order valence-corrected chi connectivity index (χ3v) is 6.64. The van der Waals surface area contributed by atoms with Crippen molar-refractivity contribution in [3.8, 4) is 0 Å². The lowest BCUT2D eigenvalue weighted by Gasteiger charge is -2.16. The van der Waals surface area contributed by atoms with Gasteiger partial charge in [0.1, 0.15) is 0 Å². The minimum atomic E-state index is -3.68. The van der Waals surface area contributed by atoms with Crippen molar-refractivity contribution in [1.82, 2.24) is 4.72 Å². The number of hydrogen-bond donors (Lipinski definition) is 2. The van der Waals surface area contributed by atoms with Crippen molar-refractivity contribution in [3.63, 3.8) is 0 Å². The number of anilines is 1. The molecule has 0 saturated carbocycles. The predicted molar refractivity (Wildman–Crippen MR) is 97.7 cm³/mol. The highest BCUT2D eigenvalue weighted by Crippen LogP contribution is 2.29. The zero-order valence-electron chi connectivity index (χ0n) is 13.2. The fourth-order valence-electron chi connectivity index (χ4n) is 2.84. The maximum absolute atomic E-state index is 12.4. The van der Waals surface area contributed by atoms with Gasteiger partial charge in [-0.1, -0.05) is 24.3 Å². The lowest BCUT2D eigenvalue weighted by atomic mass is 10.0. The highest BCUT2D eigenvalue weighted by atomic mass is 79.9. The first-order valence-electron chi connectivity index (χ1n) is 7.65. The monoisotopic (exact) mass is 410 g/mol. The van der Waals surface area contributed by atoms with E-state index in [4.69, 9.17) is 0 Å². The number of fused-ring (bicyclic) bond motifs is 1. The van der Waals surface area contributed by atoms with Gasteiger partial charge in [-0.05, 0) is 51.7 Å². The van der Waals surface area contributed by atoms with Crippen molar-refractivity contribution < 1.29 is 13.5 Å². The van der Waals surface area contributed by atoms with Crippen molar-refractivity contribution >= 4 is 31.6 Å². The van der Waals surface area contributed by atoms with Crippen molar-refractivity contribution in [2.45, 2.75) is 17.4 Å². The maximum Gasteiger partial charge on any atom is 0.241 e. The summed E-state index contributed by atoms with van der Waals surface area (Å²) in [6.07, 6.45) is 0.0493. The smallest absolute Gasteiger partial charge is 0.241 e. The van der Waals surface area contributed by atoms with Crippen LogP contribution in [0.25, 0.3) is 0 Å². The topological polar surface area (TPSA) is 69.6 Å². The van der Waals surface area contributed by atoms with Crippen LogP contribution in [-0.2, 0) is 16.4 Å². The molecule has 1 unspecified atom stereocenters. The molecule has 0 amide bonds. The Morgan fingerprint density at radius 3 is 2.79 bits per heavy atom. The highest BCUT2D eigenvalue weighted by molar-refractivity contribution is 9.10. The van der Waals surface area contributed by atoms with Gasteiger partial charge in [0.2, 0.25) is 10.0 Å². The molecule has 2 aromatic carbocycles. The summed E-state index contributed by atoms with van der Waals surface area (Å²) in [4.78, 5) is 2.33. The minimum absolute atomic E-state index is 0.0711.